The van der Waals surface area contributed by atoms with Crippen LogP contribution in [-0.4, -0.2) is 51.3 Å². The molecule has 0 aliphatic carbocycles. The Morgan fingerprint density at radius 1 is 1.15 bits per heavy atom. The fourth-order valence-corrected chi connectivity index (χ4v) is 2.06. The summed E-state index contributed by atoms with van der Waals surface area (Å²) in [7, 11) is 0. The van der Waals surface area contributed by atoms with Gasteiger partial charge in [0.15, 0.2) is 5.82 Å². The van der Waals surface area contributed by atoms with Crippen LogP contribution in [0.1, 0.15) is 19.7 Å². The van der Waals surface area contributed by atoms with Gasteiger partial charge in [0.2, 0.25) is 0 Å². The second-order valence-corrected chi connectivity index (χ2v) is 4.55. The van der Waals surface area contributed by atoms with Gasteiger partial charge in [0.25, 0.3) is 0 Å². The third-order valence-corrected chi connectivity index (χ3v) is 3.32. The first-order valence-electron chi connectivity index (χ1n) is 7.11. The topological polar surface area (TPSA) is 58.9 Å². The van der Waals surface area contributed by atoms with E-state index in [0.717, 1.165) is 37.7 Å². The zero-order valence-corrected chi connectivity index (χ0v) is 12.2. The minimum atomic E-state index is 0.670. The largest absolute Gasteiger partial charge is 0.308 e. The number of hydrogen-bond acceptors (Lipinski definition) is 5. The second kappa shape index (κ2) is 7.72. The standard InChI is InChI=1S/C14H22N6/c1-3-19(4-2)11-10-15-12-14-16-17-18-20(14)13-8-6-5-7-9-13/h5-9,15H,3-4,10-12H2,1-2H3. The summed E-state index contributed by atoms with van der Waals surface area (Å²) in [4.78, 5) is 2.38. The molecule has 0 amide bonds. The molecule has 0 bridgehead atoms. The number of likely N-dealkylation sites (N-methyl/N-ethyl adjacent to an activating group) is 1. The molecule has 1 aromatic heterocycles. The zero-order valence-electron chi connectivity index (χ0n) is 12.2. The lowest BCUT2D eigenvalue weighted by Crippen LogP contribution is -2.32. The van der Waals surface area contributed by atoms with Crippen molar-refractivity contribution in [3.63, 3.8) is 0 Å². The molecule has 1 N–H and O–H groups in total. The molecular weight excluding hydrogens is 252 g/mol. The molecule has 0 saturated heterocycles. The molecule has 6 heteroatoms. The van der Waals surface area contributed by atoms with E-state index in [1.807, 2.05) is 30.3 Å². The highest BCUT2D eigenvalue weighted by molar-refractivity contribution is 5.30. The molecule has 108 valence electrons. The normalized spacial score (nSPS) is 11.2. The number of para-hydroxylation sites is 1. The van der Waals surface area contributed by atoms with Crippen LogP contribution in [0.15, 0.2) is 30.3 Å². The quantitative estimate of drug-likeness (QED) is 0.730. The molecule has 1 aromatic carbocycles. The molecule has 0 aliphatic heterocycles. The summed E-state index contributed by atoms with van der Waals surface area (Å²) in [5, 5.41) is 15.3. The van der Waals surface area contributed by atoms with Crippen LogP contribution in [0.5, 0.6) is 0 Å². The molecule has 0 fully saturated rings. The van der Waals surface area contributed by atoms with E-state index in [1.54, 1.807) is 4.68 Å². The molecule has 20 heavy (non-hydrogen) atoms. The fraction of sp³-hybridized carbons (Fsp3) is 0.500. The van der Waals surface area contributed by atoms with E-state index >= 15 is 0 Å². The highest BCUT2D eigenvalue weighted by atomic mass is 15.5. The minimum absolute atomic E-state index is 0.670. The first-order valence-corrected chi connectivity index (χ1v) is 7.11. The van der Waals surface area contributed by atoms with Crippen LogP contribution in [0.25, 0.3) is 5.69 Å². The SMILES string of the molecule is CCN(CC)CCNCc1nnnn1-c1ccccc1. The van der Waals surface area contributed by atoms with Crippen molar-refractivity contribution in [1.29, 1.82) is 0 Å². The van der Waals surface area contributed by atoms with Crippen LogP contribution < -0.4 is 5.32 Å². The summed E-state index contributed by atoms with van der Waals surface area (Å²) < 4.78 is 1.77. The van der Waals surface area contributed by atoms with Crippen molar-refractivity contribution < 1.29 is 0 Å². The van der Waals surface area contributed by atoms with E-state index in [1.165, 1.54) is 0 Å². The van der Waals surface area contributed by atoms with Gasteiger partial charge in [-0.25, -0.2) is 0 Å². The average molecular weight is 274 g/mol. The molecule has 0 unspecified atom stereocenters. The Kier molecular flexibility index (Phi) is 5.64. The molecule has 2 rings (SSSR count). The van der Waals surface area contributed by atoms with Crippen LogP contribution >= 0.6 is 0 Å². The van der Waals surface area contributed by atoms with Gasteiger partial charge in [-0.2, -0.15) is 4.68 Å². The Labute approximate surface area is 119 Å². The van der Waals surface area contributed by atoms with Crippen molar-refractivity contribution in [2.75, 3.05) is 26.2 Å². The van der Waals surface area contributed by atoms with Crippen molar-refractivity contribution in [1.82, 2.24) is 30.4 Å². The number of benzene rings is 1. The highest BCUT2D eigenvalue weighted by Gasteiger charge is 2.07. The summed E-state index contributed by atoms with van der Waals surface area (Å²) in [6.45, 7) is 9.17. The van der Waals surface area contributed by atoms with E-state index < -0.39 is 0 Å². The third kappa shape index (κ3) is 3.85. The molecule has 0 aliphatic rings. The van der Waals surface area contributed by atoms with Gasteiger partial charge >= 0.3 is 0 Å². The predicted molar refractivity (Wildman–Crippen MR) is 78.6 cm³/mol. The first kappa shape index (κ1) is 14.6. The van der Waals surface area contributed by atoms with E-state index in [0.29, 0.717) is 6.54 Å². The molecule has 0 atom stereocenters. The Hall–Kier alpha value is -1.79. The van der Waals surface area contributed by atoms with Crippen molar-refractivity contribution in [2.24, 2.45) is 0 Å². The van der Waals surface area contributed by atoms with E-state index in [9.17, 15) is 0 Å². The summed E-state index contributed by atoms with van der Waals surface area (Å²) in [6.07, 6.45) is 0. The van der Waals surface area contributed by atoms with Gasteiger partial charge in [-0.1, -0.05) is 32.0 Å². The first-order chi connectivity index (χ1) is 9.85. The number of hydrogen-bond donors (Lipinski definition) is 1. The molecule has 0 radical (unpaired) electrons. The van der Waals surface area contributed by atoms with E-state index in [4.69, 9.17) is 0 Å². The minimum Gasteiger partial charge on any atom is -0.308 e. The average Bonchev–Trinajstić information content (AvgIpc) is 2.97. The van der Waals surface area contributed by atoms with Crippen LogP contribution in [0.4, 0.5) is 0 Å². The van der Waals surface area contributed by atoms with Crippen molar-refractivity contribution in [3.05, 3.63) is 36.2 Å². The van der Waals surface area contributed by atoms with Crippen molar-refractivity contribution in [2.45, 2.75) is 20.4 Å². The molecule has 0 spiro atoms. The lowest BCUT2D eigenvalue weighted by molar-refractivity contribution is 0.301. The lowest BCUT2D eigenvalue weighted by Gasteiger charge is -2.17. The van der Waals surface area contributed by atoms with Crippen LogP contribution in [0.2, 0.25) is 0 Å². The molecule has 1 heterocycles. The van der Waals surface area contributed by atoms with E-state index in [-0.39, 0.29) is 0 Å². The summed E-state index contributed by atoms with van der Waals surface area (Å²) in [5.41, 5.74) is 0.984. The van der Waals surface area contributed by atoms with Gasteiger partial charge in [-0.15, -0.1) is 5.10 Å². The Bertz CT molecular complexity index is 491. The van der Waals surface area contributed by atoms with Gasteiger partial charge in [-0.3, -0.25) is 0 Å². The van der Waals surface area contributed by atoms with Crippen LogP contribution in [-0.2, 0) is 6.54 Å². The Balaban J connectivity index is 1.87. The van der Waals surface area contributed by atoms with Crippen LogP contribution in [0, 0.1) is 0 Å². The number of aromatic nitrogens is 4. The zero-order chi connectivity index (χ0) is 14.2. The van der Waals surface area contributed by atoms with Crippen LogP contribution in [0.3, 0.4) is 0 Å². The van der Waals surface area contributed by atoms with E-state index in [2.05, 4.69) is 39.6 Å². The number of tetrazole rings is 1. The van der Waals surface area contributed by atoms with Gasteiger partial charge in [0.1, 0.15) is 0 Å². The molecule has 6 nitrogen and oxygen atoms in total. The number of rotatable bonds is 8. The number of nitrogens with one attached hydrogen (secondary N) is 1. The predicted octanol–water partition coefficient (Wildman–Crippen LogP) is 1.09. The Morgan fingerprint density at radius 3 is 2.60 bits per heavy atom. The maximum absolute atomic E-state index is 4.08. The highest BCUT2D eigenvalue weighted by Crippen LogP contribution is 2.06. The van der Waals surface area contributed by atoms with Gasteiger partial charge in [-0.05, 0) is 35.6 Å². The van der Waals surface area contributed by atoms with Gasteiger partial charge in [0, 0.05) is 13.1 Å². The number of nitrogens with zero attached hydrogens (tertiary/aromatic N) is 5. The fourth-order valence-electron chi connectivity index (χ4n) is 2.06. The third-order valence-electron chi connectivity index (χ3n) is 3.32. The summed E-state index contributed by atoms with van der Waals surface area (Å²) in [6, 6.07) is 9.94. The van der Waals surface area contributed by atoms with Gasteiger partial charge < -0.3 is 10.2 Å². The summed E-state index contributed by atoms with van der Waals surface area (Å²) in [5.74, 6) is 0.829. The monoisotopic (exact) mass is 274 g/mol. The Morgan fingerprint density at radius 2 is 1.90 bits per heavy atom. The van der Waals surface area contributed by atoms with Crippen molar-refractivity contribution >= 4 is 0 Å². The van der Waals surface area contributed by atoms with Crippen molar-refractivity contribution in [3.8, 4) is 5.69 Å². The maximum atomic E-state index is 4.08. The lowest BCUT2D eigenvalue weighted by atomic mass is 10.3. The van der Waals surface area contributed by atoms with Gasteiger partial charge in [0.05, 0.1) is 12.2 Å². The smallest absolute Gasteiger partial charge is 0.170 e. The summed E-state index contributed by atoms with van der Waals surface area (Å²) >= 11 is 0. The molecule has 0 saturated carbocycles. The molecular formula is C14H22N6. The maximum Gasteiger partial charge on any atom is 0.170 e. The second-order valence-electron chi connectivity index (χ2n) is 4.55. The molecule has 2 aromatic rings.